The number of fused-ring (bicyclic) bond motifs is 7. The van der Waals surface area contributed by atoms with E-state index >= 15 is 0 Å². The van der Waals surface area contributed by atoms with Crippen LogP contribution >= 0.6 is 0 Å². The van der Waals surface area contributed by atoms with Crippen LogP contribution in [0.3, 0.4) is 0 Å². The molecule has 4 aliphatic carbocycles. The van der Waals surface area contributed by atoms with Crippen LogP contribution in [0.5, 0.6) is 0 Å². The second-order valence-electron chi connectivity index (χ2n) is 9.81. The summed E-state index contributed by atoms with van der Waals surface area (Å²) in [7, 11) is 0. The van der Waals surface area contributed by atoms with E-state index in [-0.39, 0.29) is 23.6 Å². The van der Waals surface area contributed by atoms with Gasteiger partial charge in [-0.2, -0.15) is 0 Å². The average Bonchev–Trinajstić information content (AvgIpc) is 3.03. The van der Waals surface area contributed by atoms with Gasteiger partial charge in [0.2, 0.25) is 0 Å². The van der Waals surface area contributed by atoms with Crippen molar-refractivity contribution in [2.24, 2.45) is 34.5 Å². The van der Waals surface area contributed by atoms with E-state index in [9.17, 15) is 9.90 Å². The van der Waals surface area contributed by atoms with Gasteiger partial charge in [0, 0.05) is 11.3 Å². The standard InChI is InChI=1S/C21H30O3/c1-20-7-5-14(22)11-13(20)3-4-15-16(20)6-8-21(2)17(15)9-12-10-18(23)24-19(12)21/h3,12,14-17,19,22H,4-11H2,1-2H3/t12-,14-,15-,16+,17+,19-,20-,21-/m0/s1. The van der Waals surface area contributed by atoms with E-state index in [1.54, 1.807) is 0 Å². The van der Waals surface area contributed by atoms with Crippen molar-refractivity contribution < 1.29 is 14.6 Å². The third kappa shape index (κ3) is 1.85. The minimum absolute atomic E-state index is 0.0332. The van der Waals surface area contributed by atoms with Gasteiger partial charge in [-0.25, -0.2) is 0 Å². The van der Waals surface area contributed by atoms with Crippen molar-refractivity contribution in [1.82, 2.24) is 0 Å². The van der Waals surface area contributed by atoms with Crippen molar-refractivity contribution in [3.63, 3.8) is 0 Å². The minimum atomic E-state index is -0.125. The highest BCUT2D eigenvalue weighted by Gasteiger charge is 2.63. The molecule has 8 atom stereocenters. The van der Waals surface area contributed by atoms with Crippen molar-refractivity contribution in [2.45, 2.75) is 77.4 Å². The van der Waals surface area contributed by atoms with Crippen LogP contribution in [0.15, 0.2) is 11.6 Å². The van der Waals surface area contributed by atoms with Gasteiger partial charge in [-0.1, -0.05) is 25.5 Å². The Morgan fingerprint density at radius 3 is 2.83 bits per heavy atom. The number of hydrogen-bond donors (Lipinski definition) is 1. The summed E-state index contributed by atoms with van der Waals surface area (Å²) < 4.78 is 5.80. The molecule has 3 heteroatoms. The summed E-state index contributed by atoms with van der Waals surface area (Å²) in [6.45, 7) is 4.88. The first kappa shape index (κ1) is 15.4. The van der Waals surface area contributed by atoms with Crippen LogP contribution in [0.25, 0.3) is 0 Å². The highest BCUT2D eigenvalue weighted by Crippen LogP contribution is 2.67. The zero-order valence-electron chi connectivity index (χ0n) is 15.0. The van der Waals surface area contributed by atoms with Crippen molar-refractivity contribution >= 4 is 5.97 Å². The highest BCUT2D eigenvalue weighted by atomic mass is 16.6. The predicted octanol–water partition coefficient (Wildman–Crippen LogP) is 3.85. The Bertz CT molecular complexity index is 610. The SMILES string of the molecule is C[C@]12CC[C@@H]3[C@H](CC=C4C[C@@H](O)CC[C@@]43C)[C@H]1C[C@H]1CC(=O)O[C@@H]12. The Labute approximate surface area is 144 Å². The molecule has 0 radical (unpaired) electrons. The number of carbonyl (C=O) groups is 1. The number of aliphatic hydroxyl groups is 1. The number of ether oxygens (including phenoxy) is 1. The van der Waals surface area contributed by atoms with Crippen molar-refractivity contribution in [3.8, 4) is 0 Å². The summed E-state index contributed by atoms with van der Waals surface area (Å²) in [5.41, 5.74) is 2.04. The van der Waals surface area contributed by atoms with Crippen molar-refractivity contribution in [2.75, 3.05) is 0 Å². The molecule has 1 heterocycles. The maximum Gasteiger partial charge on any atom is 0.306 e. The Kier molecular flexibility index (Phi) is 3.13. The summed E-state index contributed by atoms with van der Waals surface area (Å²) in [6.07, 6.45) is 11.0. The molecule has 1 aliphatic heterocycles. The van der Waals surface area contributed by atoms with Gasteiger partial charge < -0.3 is 9.84 Å². The lowest BCUT2D eigenvalue weighted by Gasteiger charge is -2.57. The number of allylic oxidation sites excluding steroid dienone is 1. The topological polar surface area (TPSA) is 46.5 Å². The molecule has 0 bridgehead atoms. The molecule has 1 saturated heterocycles. The molecule has 0 aromatic carbocycles. The fourth-order valence-corrected chi connectivity index (χ4v) is 7.60. The molecule has 0 aromatic rings. The Morgan fingerprint density at radius 2 is 2.00 bits per heavy atom. The summed E-state index contributed by atoms with van der Waals surface area (Å²) in [6, 6.07) is 0. The lowest BCUT2D eigenvalue weighted by Crippen LogP contribution is -2.51. The molecule has 0 amide bonds. The van der Waals surface area contributed by atoms with Gasteiger partial charge in [-0.15, -0.1) is 0 Å². The van der Waals surface area contributed by atoms with E-state index in [0.717, 1.165) is 31.1 Å². The summed E-state index contributed by atoms with van der Waals surface area (Å²) in [5, 5.41) is 10.1. The second kappa shape index (κ2) is 4.87. The van der Waals surface area contributed by atoms with Gasteiger partial charge in [0.25, 0.3) is 0 Å². The average molecular weight is 330 g/mol. The normalized spacial score (nSPS) is 55.8. The van der Waals surface area contributed by atoms with E-state index in [1.165, 1.54) is 31.3 Å². The van der Waals surface area contributed by atoms with Crippen LogP contribution in [0.2, 0.25) is 0 Å². The maximum absolute atomic E-state index is 11.8. The molecule has 0 unspecified atom stereocenters. The summed E-state index contributed by atoms with van der Waals surface area (Å²) >= 11 is 0. The Morgan fingerprint density at radius 1 is 1.17 bits per heavy atom. The largest absolute Gasteiger partial charge is 0.461 e. The predicted molar refractivity (Wildman–Crippen MR) is 91.1 cm³/mol. The maximum atomic E-state index is 11.8. The fourth-order valence-electron chi connectivity index (χ4n) is 7.60. The number of hydrogen-bond acceptors (Lipinski definition) is 3. The molecule has 0 spiro atoms. The molecule has 3 nitrogen and oxygen atoms in total. The van der Waals surface area contributed by atoms with Gasteiger partial charge in [-0.3, -0.25) is 4.79 Å². The van der Waals surface area contributed by atoms with E-state index in [4.69, 9.17) is 4.74 Å². The van der Waals surface area contributed by atoms with Gasteiger partial charge in [0.05, 0.1) is 12.5 Å². The van der Waals surface area contributed by atoms with Crippen LogP contribution < -0.4 is 0 Å². The Balaban J connectivity index is 1.48. The second-order valence-corrected chi connectivity index (χ2v) is 9.81. The molecule has 0 aromatic heterocycles. The highest BCUT2D eigenvalue weighted by molar-refractivity contribution is 5.72. The first-order chi connectivity index (χ1) is 11.4. The molecule has 24 heavy (non-hydrogen) atoms. The van der Waals surface area contributed by atoms with Crippen molar-refractivity contribution in [3.05, 3.63) is 11.6 Å². The minimum Gasteiger partial charge on any atom is -0.461 e. The third-order valence-electron chi connectivity index (χ3n) is 8.84. The number of rotatable bonds is 0. The molecule has 3 saturated carbocycles. The van der Waals surface area contributed by atoms with E-state index in [2.05, 4.69) is 19.9 Å². The molecular formula is C21H30O3. The zero-order valence-corrected chi connectivity index (χ0v) is 15.0. The van der Waals surface area contributed by atoms with E-state index in [0.29, 0.717) is 23.7 Å². The smallest absolute Gasteiger partial charge is 0.306 e. The van der Waals surface area contributed by atoms with Crippen LogP contribution in [0.4, 0.5) is 0 Å². The first-order valence-electron chi connectivity index (χ1n) is 9.99. The molecule has 4 fully saturated rings. The number of carbonyl (C=O) groups excluding carboxylic acids is 1. The molecule has 132 valence electrons. The van der Waals surface area contributed by atoms with Crippen LogP contribution in [-0.2, 0) is 9.53 Å². The summed E-state index contributed by atoms with van der Waals surface area (Å²) in [4.78, 5) is 11.8. The van der Waals surface area contributed by atoms with Crippen LogP contribution in [0, 0.1) is 34.5 Å². The van der Waals surface area contributed by atoms with Crippen LogP contribution in [-0.4, -0.2) is 23.3 Å². The van der Waals surface area contributed by atoms with E-state index < -0.39 is 0 Å². The van der Waals surface area contributed by atoms with Crippen LogP contribution in [0.1, 0.15) is 65.2 Å². The molecular weight excluding hydrogens is 300 g/mol. The van der Waals surface area contributed by atoms with Gasteiger partial charge in [0.15, 0.2) is 0 Å². The number of esters is 1. The summed E-state index contributed by atoms with van der Waals surface area (Å²) in [5.74, 6) is 2.72. The third-order valence-corrected chi connectivity index (χ3v) is 8.84. The van der Waals surface area contributed by atoms with E-state index in [1.807, 2.05) is 0 Å². The number of aliphatic hydroxyl groups excluding tert-OH is 1. The van der Waals surface area contributed by atoms with Gasteiger partial charge in [-0.05, 0) is 68.1 Å². The Hall–Kier alpha value is -0.830. The lowest BCUT2D eigenvalue weighted by atomic mass is 9.48. The quantitative estimate of drug-likeness (QED) is 0.542. The zero-order chi connectivity index (χ0) is 16.7. The fraction of sp³-hybridized carbons (Fsp3) is 0.857. The monoisotopic (exact) mass is 330 g/mol. The molecule has 1 N–H and O–H groups in total. The lowest BCUT2D eigenvalue weighted by molar-refractivity contribution is -0.151. The molecule has 5 aliphatic rings. The van der Waals surface area contributed by atoms with Gasteiger partial charge >= 0.3 is 5.97 Å². The first-order valence-corrected chi connectivity index (χ1v) is 9.99. The van der Waals surface area contributed by atoms with Crippen molar-refractivity contribution in [1.29, 1.82) is 0 Å². The van der Waals surface area contributed by atoms with Gasteiger partial charge in [0.1, 0.15) is 6.10 Å². The molecule has 5 rings (SSSR count).